The van der Waals surface area contributed by atoms with Crippen LogP contribution in [0.4, 0.5) is 0 Å². The summed E-state index contributed by atoms with van der Waals surface area (Å²) < 4.78 is 2.05. The summed E-state index contributed by atoms with van der Waals surface area (Å²) in [7, 11) is 3.69. The summed E-state index contributed by atoms with van der Waals surface area (Å²) >= 11 is 0. The maximum absolute atomic E-state index is 4.12. The SMILES string of the molecule is CNCc1ccn(Cc2nnn(C)n2)c1. The highest BCUT2D eigenvalue weighted by Crippen LogP contribution is 2.02. The molecule has 0 aliphatic rings. The van der Waals surface area contributed by atoms with E-state index in [9.17, 15) is 0 Å². The molecule has 0 spiro atoms. The predicted molar refractivity (Wildman–Crippen MR) is 55.1 cm³/mol. The smallest absolute Gasteiger partial charge is 0.194 e. The lowest BCUT2D eigenvalue weighted by molar-refractivity contribution is 0.625. The highest BCUT2D eigenvalue weighted by molar-refractivity contribution is 5.10. The van der Waals surface area contributed by atoms with Crippen LogP contribution in [-0.2, 0) is 20.1 Å². The van der Waals surface area contributed by atoms with E-state index in [1.165, 1.54) is 10.4 Å². The zero-order chi connectivity index (χ0) is 10.7. The van der Waals surface area contributed by atoms with E-state index < -0.39 is 0 Å². The highest BCUT2D eigenvalue weighted by atomic mass is 15.6. The molecule has 0 aromatic carbocycles. The Balaban J connectivity index is 2.04. The van der Waals surface area contributed by atoms with Crippen LogP contribution in [0.25, 0.3) is 0 Å². The van der Waals surface area contributed by atoms with Crippen molar-refractivity contribution >= 4 is 0 Å². The minimum atomic E-state index is 0.664. The first-order valence-electron chi connectivity index (χ1n) is 4.80. The summed E-state index contributed by atoms with van der Waals surface area (Å²) in [6.45, 7) is 1.54. The van der Waals surface area contributed by atoms with E-state index in [1.54, 1.807) is 7.05 Å². The van der Waals surface area contributed by atoms with Crippen molar-refractivity contribution in [1.29, 1.82) is 0 Å². The topological polar surface area (TPSA) is 60.6 Å². The standard InChI is InChI=1S/C9H14N6/c1-10-5-8-3-4-15(6-8)7-9-11-13-14(2)12-9/h3-4,6,10H,5,7H2,1-2H3. The molecule has 0 aliphatic carbocycles. The zero-order valence-electron chi connectivity index (χ0n) is 8.88. The molecule has 0 saturated heterocycles. The second-order valence-corrected chi connectivity index (χ2v) is 3.42. The van der Waals surface area contributed by atoms with Gasteiger partial charge in [-0.1, -0.05) is 0 Å². The molecule has 0 bridgehead atoms. The van der Waals surface area contributed by atoms with Gasteiger partial charge in [0.1, 0.15) is 0 Å². The fraction of sp³-hybridized carbons (Fsp3) is 0.444. The normalized spacial score (nSPS) is 10.8. The number of tetrazole rings is 1. The molecule has 6 nitrogen and oxygen atoms in total. The van der Waals surface area contributed by atoms with Gasteiger partial charge < -0.3 is 9.88 Å². The number of nitrogens with zero attached hydrogens (tertiary/aromatic N) is 5. The molecule has 0 saturated carbocycles. The van der Waals surface area contributed by atoms with Gasteiger partial charge in [-0.15, -0.1) is 10.2 Å². The van der Waals surface area contributed by atoms with Gasteiger partial charge in [-0.05, 0) is 23.9 Å². The molecule has 1 N–H and O–H groups in total. The third-order valence-corrected chi connectivity index (χ3v) is 2.07. The third kappa shape index (κ3) is 2.41. The fourth-order valence-electron chi connectivity index (χ4n) is 1.45. The van der Waals surface area contributed by atoms with Crippen molar-refractivity contribution in [3.63, 3.8) is 0 Å². The molecular weight excluding hydrogens is 192 g/mol. The van der Waals surface area contributed by atoms with Gasteiger partial charge in [0.25, 0.3) is 0 Å². The molecule has 0 unspecified atom stereocenters. The largest absolute Gasteiger partial charge is 0.346 e. The van der Waals surface area contributed by atoms with Crippen molar-refractivity contribution in [2.24, 2.45) is 7.05 Å². The first kappa shape index (κ1) is 9.85. The maximum Gasteiger partial charge on any atom is 0.194 e. The summed E-state index contributed by atoms with van der Waals surface area (Å²) in [5.74, 6) is 0.726. The molecule has 80 valence electrons. The Labute approximate surface area is 87.9 Å². The fourth-order valence-corrected chi connectivity index (χ4v) is 1.45. The van der Waals surface area contributed by atoms with Gasteiger partial charge in [-0.3, -0.25) is 0 Å². The number of aromatic nitrogens is 5. The van der Waals surface area contributed by atoms with E-state index in [0.29, 0.717) is 6.54 Å². The Morgan fingerprint density at radius 1 is 1.47 bits per heavy atom. The second kappa shape index (κ2) is 4.22. The molecule has 0 radical (unpaired) electrons. The number of nitrogens with one attached hydrogen (secondary N) is 1. The van der Waals surface area contributed by atoms with Gasteiger partial charge >= 0.3 is 0 Å². The van der Waals surface area contributed by atoms with Crippen molar-refractivity contribution in [1.82, 2.24) is 30.1 Å². The van der Waals surface area contributed by atoms with Crippen LogP contribution in [0, 0.1) is 0 Å². The predicted octanol–water partition coefficient (Wildman–Crippen LogP) is -0.221. The number of rotatable bonds is 4. The summed E-state index contributed by atoms with van der Waals surface area (Å²) in [5.41, 5.74) is 1.25. The Morgan fingerprint density at radius 2 is 2.33 bits per heavy atom. The van der Waals surface area contributed by atoms with E-state index in [4.69, 9.17) is 0 Å². The molecule has 0 amide bonds. The van der Waals surface area contributed by atoms with Crippen LogP contribution in [0.5, 0.6) is 0 Å². The maximum atomic E-state index is 4.12. The summed E-state index contributed by atoms with van der Waals surface area (Å²) in [6, 6.07) is 2.08. The Hall–Kier alpha value is -1.69. The van der Waals surface area contributed by atoms with Crippen LogP contribution in [0.15, 0.2) is 18.5 Å². The minimum Gasteiger partial charge on any atom is -0.346 e. The number of hydrogen-bond acceptors (Lipinski definition) is 4. The van der Waals surface area contributed by atoms with Crippen LogP contribution in [0.1, 0.15) is 11.4 Å². The Kier molecular flexibility index (Phi) is 2.77. The van der Waals surface area contributed by atoms with Crippen LogP contribution in [-0.4, -0.2) is 31.8 Å². The van der Waals surface area contributed by atoms with Crippen molar-refractivity contribution < 1.29 is 0 Å². The van der Waals surface area contributed by atoms with Crippen LogP contribution in [0.2, 0.25) is 0 Å². The third-order valence-electron chi connectivity index (χ3n) is 2.07. The van der Waals surface area contributed by atoms with E-state index in [2.05, 4.69) is 33.0 Å². The number of hydrogen-bond donors (Lipinski definition) is 1. The molecular formula is C9H14N6. The highest BCUT2D eigenvalue weighted by Gasteiger charge is 2.01. The average Bonchev–Trinajstić information content (AvgIpc) is 2.78. The lowest BCUT2D eigenvalue weighted by Gasteiger charge is -1.97. The molecule has 0 aliphatic heterocycles. The van der Waals surface area contributed by atoms with Gasteiger partial charge in [0.2, 0.25) is 0 Å². The van der Waals surface area contributed by atoms with Crippen molar-refractivity contribution in [2.45, 2.75) is 13.1 Å². The minimum absolute atomic E-state index is 0.664. The van der Waals surface area contributed by atoms with E-state index >= 15 is 0 Å². The van der Waals surface area contributed by atoms with Crippen molar-refractivity contribution in [3.05, 3.63) is 29.8 Å². The monoisotopic (exact) mass is 206 g/mol. The molecule has 0 atom stereocenters. The molecule has 2 heterocycles. The lowest BCUT2D eigenvalue weighted by Crippen LogP contribution is -2.04. The zero-order valence-corrected chi connectivity index (χ0v) is 8.88. The molecule has 2 aromatic rings. The van der Waals surface area contributed by atoms with E-state index in [-0.39, 0.29) is 0 Å². The van der Waals surface area contributed by atoms with Gasteiger partial charge in [-0.25, -0.2) is 0 Å². The Morgan fingerprint density at radius 3 is 3.00 bits per heavy atom. The second-order valence-electron chi connectivity index (χ2n) is 3.42. The molecule has 2 rings (SSSR count). The first-order chi connectivity index (χ1) is 7.28. The van der Waals surface area contributed by atoms with Gasteiger partial charge in [0.05, 0.1) is 13.6 Å². The Bertz CT molecular complexity index is 429. The van der Waals surface area contributed by atoms with Crippen LogP contribution < -0.4 is 5.32 Å². The number of aryl methyl sites for hydroxylation is 1. The van der Waals surface area contributed by atoms with Crippen LogP contribution in [0.3, 0.4) is 0 Å². The lowest BCUT2D eigenvalue weighted by atomic mass is 10.3. The summed E-state index contributed by atoms with van der Waals surface area (Å²) in [5, 5.41) is 14.9. The van der Waals surface area contributed by atoms with Crippen molar-refractivity contribution in [2.75, 3.05) is 7.05 Å². The molecule has 15 heavy (non-hydrogen) atoms. The quantitative estimate of drug-likeness (QED) is 0.751. The van der Waals surface area contributed by atoms with Gasteiger partial charge in [-0.2, -0.15) is 4.80 Å². The molecule has 6 heteroatoms. The average molecular weight is 206 g/mol. The summed E-state index contributed by atoms with van der Waals surface area (Å²) in [6.07, 6.45) is 4.09. The van der Waals surface area contributed by atoms with Crippen LogP contribution >= 0.6 is 0 Å². The molecule has 2 aromatic heterocycles. The van der Waals surface area contributed by atoms with Gasteiger partial charge in [0.15, 0.2) is 5.82 Å². The summed E-state index contributed by atoms with van der Waals surface area (Å²) in [4.78, 5) is 1.47. The van der Waals surface area contributed by atoms with E-state index in [1.807, 2.05) is 17.8 Å². The van der Waals surface area contributed by atoms with Gasteiger partial charge in [0, 0.05) is 18.9 Å². The first-order valence-corrected chi connectivity index (χ1v) is 4.80. The molecule has 0 fully saturated rings. The van der Waals surface area contributed by atoms with Crippen molar-refractivity contribution in [3.8, 4) is 0 Å². The van der Waals surface area contributed by atoms with E-state index in [0.717, 1.165) is 12.4 Å².